The van der Waals surface area contributed by atoms with Crippen molar-refractivity contribution in [1.29, 1.82) is 0 Å². The number of benzene rings is 1. The van der Waals surface area contributed by atoms with Crippen LogP contribution in [0.25, 0.3) is 0 Å². The number of hydrogen-bond donors (Lipinski definition) is 0. The van der Waals surface area contributed by atoms with Crippen LogP contribution >= 0.6 is 0 Å². The molecule has 2 aliphatic rings. The van der Waals surface area contributed by atoms with Gasteiger partial charge in [0.05, 0.1) is 12.6 Å². The number of hydrogen-bond acceptors (Lipinski definition) is 3. The Morgan fingerprint density at radius 1 is 1.36 bits per heavy atom. The lowest BCUT2D eigenvalue weighted by Crippen LogP contribution is -2.39. The van der Waals surface area contributed by atoms with Gasteiger partial charge >= 0.3 is 6.03 Å². The molecule has 1 atom stereocenters. The number of fused-ring (bicyclic) bond motifs is 1. The summed E-state index contributed by atoms with van der Waals surface area (Å²) in [5, 5.41) is 0. The molecule has 5 nitrogen and oxygen atoms in total. The van der Waals surface area contributed by atoms with Crippen molar-refractivity contribution in [2.75, 3.05) is 19.7 Å². The first kappa shape index (κ1) is 14.8. The number of nitrogens with zero attached hydrogens (tertiary/aromatic N) is 2. The third-order valence-corrected chi connectivity index (χ3v) is 3.95. The maximum atomic E-state index is 13.5. The third kappa shape index (κ3) is 2.53. The molecule has 22 heavy (non-hydrogen) atoms. The topological polar surface area (TPSA) is 49.9 Å². The lowest BCUT2D eigenvalue weighted by molar-refractivity contribution is -0.127. The van der Waals surface area contributed by atoms with E-state index < -0.39 is 11.9 Å². The van der Waals surface area contributed by atoms with E-state index in [1.54, 1.807) is 11.0 Å². The number of urea groups is 1. The van der Waals surface area contributed by atoms with E-state index in [4.69, 9.17) is 4.74 Å². The van der Waals surface area contributed by atoms with Crippen LogP contribution in [0.3, 0.4) is 0 Å². The van der Waals surface area contributed by atoms with E-state index in [2.05, 4.69) is 0 Å². The normalized spacial score (nSPS) is 21.4. The molecule has 0 aliphatic carbocycles. The number of rotatable bonds is 3. The molecule has 6 heteroatoms. The fourth-order valence-electron chi connectivity index (χ4n) is 3.07. The van der Waals surface area contributed by atoms with Gasteiger partial charge in [-0.15, -0.1) is 0 Å². The van der Waals surface area contributed by atoms with Crippen molar-refractivity contribution in [3.8, 4) is 5.75 Å². The van der Waals surface area contributed by atoms with E-state index in [9.17, 15) is 14.0 Å². The predicted molar refractivity (Wildman–Crippen MR) is 77.9 cm³/mol. The highest BCUT2D eigenvalue weighted by atomic mass is 19.1. The van der Waals surface area contributed by atoms with E-state index in [0.717, 1.165) is 0 Å². The van der Waals surface area contributed by atoms with Crippen LogP contribution in [0, 0.1) is 11.7 Å². The molecule has 1 aromatic rings. The summed E-state index contributed by atoms with van der Waals surface area (Å²) >= 11 is 0. The van der Waals surface area contributed by atoms with Gasteiger partial charge in [0.1, 0.15) is 18.1 Å². The fourth-order valence-corrected chi connectivity index (χ4v) is 3.07. The molecular weight excluding hydrogens is 287 g/mol. The van der Waals surface area contributed by atoms with Gasteiger partial charge in [0.25, 0.3) is 5.91 Å². The molecule has 0 spiro atoms. The minimum absolute atomic E-state index is 0.0962. The summed E-state index contributed by atoms with van der Waals surface area (Å²) in [7, 11) is 0. The molecule has 2 aliphatic heterocycles. The van der Waals surface area contributed by atoms with Gasteiger partial charge in [-0.3, -0.25) is 9.69 Å². The first-order chi connectivity index (χ1) is 10.5. The van der Waals surface area contributed by atoms with Gasteiger partial charge < -0.3 is 9.64 Å². The second-order valence-corrected chi connectivity index (χ2v) is 6.16. The van der Waals surface area contributed by atoms with Crippen LogP contribution in [-0.4, -0.2) is 41.4 Å². The molecule has 1 aromatic carbocycles. The summed E-state index contributed by atoms with van der Waals surface area (Å²) in [5.74, 6) is 0.205. The molecule has 118 valence electrons. The Bertz CT molecular complexity index is 617. The molecular formula is C16H19FN2O3. The zero-order chi connectivity index (χ0) is 15.9. The Morgan fingerprint density at radius 2 is 2.14 bits per heavy atom. The molecule has 2 heterocycles. The standard InChI is InChI=1S/C16H19FN2O3/c1-10(2)8-18-9-15(20)19(16(18)21)13-5-6-22-14-4-3-11(17)7-12(13)14/h3-4,7,10,13H,5-6,8-9H2,1-2H3. The minimum Gasteiger partial charge on any atom is -0.493 e. The van der Waals surface area contributed by atoms with Crippen molar-refractivity contribution >= 4 is 11.9 Å². The molecule has 1 fully saturated rings. The van der Waals surface area contributed by atoms with Crippen LogP contribution in [0.15, 0.2) is 18.2 Å². The first-order valence-corrected chi connectivity index (χ1v) is 7.50. The Balaban J connectivity index is 1.91. The summed E-state index contributed by atoms with van der Waals surface area (Å²) in [6, 6.07) is 3.48. The first-order valence-electron chi connectivity index (χ1n) is 7.50. The van der Waals surface area contributed by atoms with Gasteiger partial charge in [0.2, 0.25) is 0 Å². The van der Waals surface area contributed by atoms with Crippen molar-refractivity contribution < 1.29 is 18.7 Å². The second kappa shape index (κ2) is 5.59. The summed E-state index contributed by atoms with van der Waals surface area (Å²) < 4.78 is 19.0. The van der Waals surface area contributed by atoms with E-state index in [1.165, 1.54) is 17.0 Å². The second-order valence-electron chi connectivity index (χ2n) is 6.16. The number of imide groups is 1. The van der Waals surface area contributed by atoms with Crippen molar-refractivity contribution in [3.63, 3.8) is 0 Å². The van der Waals surface area contributed by atoms with Crippen LogP contribution in [0.1, 0.15) is 31.9 Å². The number of carbonyl (C=O) groups is 2. The smallest absolute Gasteiger partial charge is 0.327 e. The summed E-state index contributed by atoms with van der Waals surface area (Å²) in [4.78, 5) is 27.7. The van der Waals surface area contributed by atoms with Gasteiger partial charge in [0, 0.05) is 18.5 Å². The average Bonchev–Trinajstić information content (AvgIpc) is 2.72. The minimum atomic E-state index is -0.448. The molecule has 1 unspecified atom stereocenters. The lowest BCUT2D eigenvalue weighted by atomic mass is 9.99. The van der Waals surface area contributed by atoms with E-state index in [0.29, 0.717) is 30.9 Å². The van der Waals surface area contributed by atoms with Gasteiger partial charge in [-0.2, -0.15) is 0 Å². The zero-order valence-corrected chi connectivity index (χ0v) is 12.7. The van der Waals surface area contributed by atoms with Gasteiger partial charge in [0.15, 0.2) is 0 Å². The van der Waals surface area contributed by atoms with Crippen LogP contribution in [0.2, 0.25) is 0 Å². The van der Waals surface area contributed by atoms with Crippen LogP contribution in [-0.2, 0) is 4.79 Å². The van der Waals surface area contributed by atoms with Gasteiger partial charge in [-0.25, -0.2) is 9.18 Å². The zero-order valence-electron chi connectivity index (χ0n) is 12.7. The monoisotopic (exact) mass is 306 g/mol. The van der Waals surface area contributed by atoms with E-state index in [-0.39, 0.29) is 24.4 Å². The SMILES string of the molecule is CC(C)CN1CC(=O)N(C2CCOc3ccc(F)cc32)C1=O. The van der Waals surface area contributed by atoms with Crippen molar-refractivity contribution in [2.24, 2.45) is 5.92 Å². The molecule has 3 rings (SSSR count). The summed E-state index contributed by atoms with van der Waals surface area (Å²) in [6.07, 6.45) is 0.490. The Morgan fingerprint density at radius 3 is 2.86 bits per heavy atom. The molecule has 0 aromatic heterocycles. The van der Waals surface area contributed by atoms with Gasteiger partial charge in [-0.1, -0.05) is 13.8 Å². The van der Waals surface area contributed by atoms with Crippen molar-refractivity contribution in [3.05, 3.63) is 29.6 Å². The molecule has 0 bridgehead atoms. The Kier molecular flexibility index (Phi) is 3.76. The largest absolute Gasteiger partial charge is 0.493 e. The Labute approximate surface area is 128 Å². The fraction of sp³-hybridized carbons (Fsp3) is 0.500. The van der Waals surface area contributed by atoms with E-state index in [1.807, 2.05) is 13.8 Å². The summed E-state index contributed by atoms with van der Waals surface area (Å²) in [5.41, 5.74) is 0.569. The highest BCUT2D eigenvalue weighted by Crippen LogP contribution is 2.38. The van der Waals surface area contributed by atoms with Crippen LogP contribution in [0.4, 0.5) is 9.18 Å². The number of ether oxygens (including phenoxy) is 1. The third-order valence-electron chi connectivity index (χ3n) is 3.95. The average molecular weight is 306 g/mol. The number of amides is 3. The maximum absolute atomic E-state index is 13.5. The summed E-state index contributed by atoms with van der Waals surface area (Å²) in [6.45, 7) is 5.04. The van der Waals surface area contributed by atoms with E-state index >= 15 is 0 Å². The Hall–Kier alpha value is -2.11. The highest BCUT2D eigenvalue weighted by Gasteiger charge is 2.42. The number of halogens is 1. The molecule has 0 radical (unpaired) electrons. The number of carbonyl (C=O) groups excluding carboxylic acids is 2. The molecule has 0 saturated carbocycles. The van der Waals surface area contributed by atoms with Gasteiger partial charge in [-0.05, 0) is 24.1 Å². The van der Waals surface area contributed by atoms with Crippen LogP contribution in [0.5, 0.6) is 5.75 Å². The highest BCUT2D eigenvalue weighted by molar-refractivity contribution is 6.02. The maximum Gasteiger partial charge on any atom is 0.327 e. The lowest BCUT2D eigenvalue weighted by Gasteiger charge is -2.31. The van der Waals surface area contributed by atoms with Crippen molar-refractivity contribution in [1.82, 2.24) is 9.80 Å². The van der Waals surface area contributed by atoms with Crippen LogP contribution < -0.4 is 4.74 Å². The molecule has 3 amide bonds. The predicted octanol–water partition coefficient (Wildman–Crippen LogP) is 2.57. The molecule has 1 saturated heterocycles. The van der Waals surface area contributed by atoms with Crippen molar-refractivity contribution in [2.45, 2.75) is 26.3 Å². The quantitative estimate of drug-likeness (QED) is 0.807. The molecule has 0 N–H and O–H groups in total.